The number of rotatable bonds is 8. The molecule has 1 saturated heterocycles. The number of carbonyl (C=O) groups excluding carboxylic acids is 2. The van der Waals surface area contributed by atoms with Gasteiger partial charge in [-0.25, -0.2) is 0 Å². The topological polar surface area (TPSA) is 52.6 Å². The number of halogens is 1. The standard InChI is InChI=1S/C24H41IO4Si/c1-15(2)12-13-18(26)24(9)14-19(29-30(10,11)23(6,7)8)28-21(22(24)27)20(16(3)4)17(5)25/h16,19,21H,1,12-14H2,2-11H3/b20-17-/t19-,21-,24+/m1/s1. The lowest BCUT2D eigenvalue weighted by atomic mass is 9.71. The van der Waals surface area contributed by atoms with Gasteiger partial charge in [0.05, 0.1) is 5.41 Å². The van der Waals surface area contributed by atoms with E-state index >= 15 is 0 Å². The van der Waals surface area contributed by atoms with Crippen LogP contribution >= 0.6 is 22.6 Å². The fourth-order valence-electron chi connectivity index (χ4n) is 3.51. The van der Waals surface area contributed by atoms with Crippen LogP contribution < -0.4 is 0 Å². The van der Waals surface area contributed by atoms with Crippen LogP contribution in [0.2, 0.25) is 18.1 Å². The van der Waals surface area contributed by atoms with Crippen LogP contribution in [0, 0.1) is 11.3 Å². The normalized spacial score (nSPS) is 26.6. The second kappa shape index (κ2) is 10.1. The van der Waals surface area contributed by atoms with E-state index in [9.17, 15) is 9.59 Å². The minimum atomic E-state index is -2.15. The first-order valence-corrected chi connectivity index (χ1v) is 14.8. The molecule has 0 bridgehead atoms. The fraction of sp³-hybridized carbons (Fsp3) is 0.750. The molecule has 1 heterocycles. The van der Waals surface area contributed by atoms with Crippen molar-refractivity contribution in [2.45, 2.75) is 105 Å². The summed E-state index contributed by atoms with van der Waals surface area (Å²) in [6, 6.07) is 0. The minimum absolute atomic E-state index is 0.00354. The molecule has 1 fully saturated rings. The maximum absolute atomic E-state index is 13.6. The molecule has 0 aromatic rings. The van der Waals surface area contributed by atoms with Crippen LogP contribution in [0.15, 0.2) is 21.3 Å². The van der Waals surface area contributed by atoms with Crippen LogP contribution in [-0.4, -0.2) is 32.3 Å². The maximum atomic E-state index is 13.6. The summed E-state index contributed by atoms with van der Waals surface area (Å²) in [6.07, 6.45) is -0.128. The molecule has 1 rings (SSSR count). The molecule has 0 unspecified atom stereocenters. The Bertz CT molecular complexity index is 713. The van der Waals surface area contributed by atoms with Gasteiger partial charge in [-0.2, -0.15) is 0 Å². The van der Waals surface area contributed by atoms with Crippen LogP contribution in [0.1, 0.15) is 74.7 Å². The number of hydrogen-bond donors (Lipinski definition) is 0. The SMILES string of the molecule is C=C(C)CCC(=O)[C@]1(C)C[C@@H](O[Si](C)(C)C(C)(C)C)O[C@H](/C(=C(/C)I)C(C)C)C1=O. The van der Waals surface area contributed by atoms with Gasteiger partial charge in [0.15, 0.2) is 20.4 Å². The second-order valence-corrected chi connectivity index (χ2v) is 17.1. The monoisotopic (exact) mass is 548 g/mol. The molecule has 30 heavy (non-hydrogen) atoms. The molecule has 0 aliphatic carbocycles. The first kappa shape index (κ1) is 27.7. The smallest absolute Gasteiger partial charge is 0.195 e. The van der Waals surface area contributed by atoms with Gasteiger partial charge in [-0.15, -0.1) is 6.58 Å². The lowest BCUT2D eigenvalue weighted by molar-refractivity contribution is -0.188. The van der Waals surface area contributed by atoms with Crippen LogP contribution in [0.5, 0.6) is 0 Å². The first-order chi connectivity index (χ1) is 13.4. The molecule has 172 valence electrons. The molecule has 0 radical (unpaired) electrons. The average molecular weight is 549 g/mol. The number of ketones is 2. The Kier molecular flexibility index (Phi) is 9.32. The maximum Gasteiger partial charge on any atom is 0.195 e. The molecule has 0 saturated carbocycles. The van der Waals surface area contributed by atoms with E-state index in [4.69, 9.17) is 9.16 Å². The van der Waals surface area contributed by atoms with Gasteiger partial charge in [-0.05, 0) is 83.0 Å². The number of hydrogen-bond acceptors (Lipinski definition) is 4. The molecule has 1 aliphatic rings. The molecule has 0 aromatic carbocycles. The molecule has 3 atom stereocenters. The van der Waals surface area contributed by atoms with Crippen molar-refractivity contribution in [1.29, 1.82) is 0 Å². The van der Waals surface area contributed by atoms with E-state index in [1.807, 2.05) is 13.8 Å². The number of Topliss-reactive ketones (excluding diaryl/α,β-unsaturated/α-hetero) is 2. The predicted octanol–water partition coefficient (Wildman–Crippen LogP) is 6.99. The van der Waals surface area contributed by atoms with E-state index in [1.165, 1.54) is 0 Å². The predicted molar refractivity (Wildman–Crippen MR) is 135 cm³/mol. The van der Waals surface area contributed by atoms with Gasteiger partial charge in [-0.1, -0.05) is 40.2 Å². The van der Waals surface area contributed by atoms with Crippen LogP contribution in [-0.2, 0) is 18.8 Å². The highest BCUT2D eigenvalue weighted by molar-refractivity contribution is 14.1. The Hall–Kier alpha value is -0.313. The van der Waals surface area contributed by atoms with Crippen molar-refractivity contribution < 1.29 is 18.8 Å². The van der Waals surface area contributed by atoms with Crippen molar-refractivity contribution in [2.24, 2.45) is 11.3 Å². The summed E-state index contributed by atoms with van der Waals surface area (Å²) in [6.45, 7) is 24.6. The largest absolute Gasteiger partial charge is 0.392 e. The van der Waals surface area contributed by atoms with Crippen molar-refractivity contribution in [1.82, 2.24) is 0 Å². The van der Waals surface area contributed by atoms with Crippen molar-refractivity contribution in [3.63, 3.8) is 0 Å². The highest BCUT2D eigenvalue weighted by Crippen LogP contribution is 2.44. The first-order valence-electron chi connectivity index (χ1n) is 10.9. The second-order valence-electron chi connectivity index (χ2n) is 10.7. The Balaban J connectivity index is 3.41. The van der Waals surface area contributed by atoms with Gasteiger partial charge in [0.1, 0.15) is 11.9 Å². The summed E-state index contributed by atoms with van der Waals surface area (Å²) < 4.78 is 13.9. The zero-order valence-corrected chi connectivity index (χ0v) is 23.7. The van der Waals surface area contributed by atoms with Crippen molar-refractivity contribution in [3.05, 3.63) is 21.3 Å². The third-order valence-electron chi connectivity index (χ3n) is 6.57. The lowest BCUT2D eigenvalue weighted by Crippen LogP contribution is -2.56. The zero-order chi connectivity index (χ0) is 23.7. The van der Waals surface area contributed by atoms with E-state index in [0.29, 0.717) is 12.8 Å². The van der Waals surface area contributed by atoms with Gasteiger partial charge in [-0.3, -0.25) is 9.59 Å². The molecule has 0 spiro atoms. The number of allylic oxidation sites excluding steroid dienone is 2. The van der Waals surface area contributed by atoms with E-state index in [0.717, 1.165) is 14.7 Å². The molecule has 0 amide bonds. The third kappa shape index (κ3) is 6.36. The molecule has 6 heteroatoms. The molecule has 0 aromatic heterocycles. The van der Waals surface area contributed by atoms with Gasteiger partial charge < -0.3 is 9.16 Å². The molecular formula is C24H41IO4Si. The van der Waals surface area contributed by atoms with Crippen LogP contribution in [0.3, 0.4) is 0 Å². The van der Waals surface area contributed by atoms with Gasteiger partial charge >= 0.3 is 0 Å². The van der Waals surface area contributed by atoms with Crippen molar-refractivity contribution in [3.8, 4) is 0 Å². The third-order valence-corrected chi connectivity index (χ3v) is 11.7. The van der Waals surface area contributed by atoms with Crippen molar-refractivity contribution in [2.75, 3.05) is 0 Å². The molecule has 1 aliphatic heterocycles. The Morgan fingerprint density at radius 2 is 1.83 bits per heavy atom. The highest BCUT2D eigenvalue weighted by Gasteiger charge is 2.53. The van der Waals surface area contributed by atoms with Gasteiger partial charge in [0.2, 0.25) is 0 Å². The van der Waals surface area contributed by atoms with Crippen LogP contribution in [0.4, 0.5) is 0 Å². The van der Waals surface area contributed by atoms with Crippen LogP contribution in [0.25, 0.3) is 0 Å². The quantitative estimate of drug-likeness (QED) is 0.142. The molecule has 0 N–H and O–H groups in total. The lowest BCUT2D eigenvalue weighted by Gasteiger charge is -2.46. The number of carbonyl (C=O) groups is 2. The zero-order valence-electron chi connectivity index (χ0n) is 20.6. The summed E-state index contributed by atoms with van der Waals surface area (Å²) in [5.74, 6) is -0.0388. The molecular weight excluding hydrogens is 507 g/mol. The Morgan fingerprint density at radius 3 is 2.23 bits per heavy atom. The van der Waals surface area contributed by atoms with Gasteiger partial charge in [0.25, 0.3) is 0 Å². The van der Waals surface area contributed by atoms with Crippen molar-refractivity contribution >= 4 is 42.5 Å². The van der Waals surface area contributed by atoms with E-state index in [1.54, 1.807) is 6.92 Å². The minimum Gasteiger partial charge on any atom is -0.392 e. The summed E-state index contributed by atoms with van der Waals surface area (Å²) in [5, 5.41) is 0.00354. The number of ether oxygens (including phenoxy) is 1. The Morgan fingerprint density at radius 1 is 1.30 bits per heavy atom. The summed E-state index contributed by atoms with van der Waals surface area (Å²) >= 11 is 2.25. The average Bonchev–Trinajstić information content (AvgIpc) is 2.54. The molecule has 4 nitrogen and oxygen atoms in total. The van der Waals surface area contributed by atoms with Gasteiger partial charge in [0, 0.05) is 12.8 Å². The summed E-state index contributed by atoms with van der Waals surface area (Å²) in [5.41, 5.74) is 0.781. The van der Waals surface area contributed by atoms with E-state index in [-0.39, 0.29) is 28.9 Å². The highest BCUT2D eigenvalue weighted by atomic mass is 127. The summed E-state index contributed by atoms with van der Waals surface area (Å²) in [7, 11) is -2.15. The van der Waals surface area contributed by atoms with E-state index < -0.39 is 26.1 Å². The Labute approximate surface area is 198 Å². The van der Waals surface area contributed by atoms with E-state index in [2.05, 4.69) is 76.9 Å². The fourth-order valence-corrected chi connectivity index (χ4v) is 5.56. The summed E-state index contributed by atoms with van der Waals surface area (Å²) in [4.78, 5) is 26.9.